The molecule has 1 fully saturated rings. The molecule has 2 aromatic carbocycles. The minimum Gasteiger partial charge on any atom is -0.497 e. The highest BCUT2D eigenvalue weighted by Gasteiger charge is 2.40. The van der Waals surface area contributed by atoms with E-state index in [0.717, 1.165) is 10.6 Å². The molecule has 2 amide bonds. The van der Waals surface area contributed by atoms with Crippen LogP contribution < -0.4 is 9.64 Å². The summed E-state index contributed by atoms with van der Waals surface area (Å²) in [6, 6.07) is 14.3. The number of nitrogens with zero attached hydrogens (tertiary/aromatic N) is 1. The molecule has 6 heteroatoms. The van der Waals surface area contributed by atoms with Crippen molar-refractivity contribution in [1.29, 1.82) is 0 Å². The van der Waals surface area contributed by atoms with E-state index < -0.39 is 5.25 Å². The Morgan fingerprint density at radius 1 is 1.13 bits per heavy atom. The van der Waals surface area contributed by atoms with Crippen LogP contribution in [0.2, 0.25) is 5.02 Å². The lowest BCUT2D eigenvalue weighted by molar-refractivity contribution is -0.121. The predicted molar refractivity (Wildman–Crippen MR) is 91.2 cm³/mol. The van der Waals surface area contributed by atoms with E-state index in [1.54, 1.807) is 31.4 Å². The van der Waals surface area contributed by atoms with Crippen LogP contribution in [0.5, 0.6) is 5.75 Å². The van der Waals surface area contributed by atoms with Gasteiger partial charge in [0.2, 0.25) is 11.8 Å². The van der Waals surface area contributed by atoms with Crippen molar-refractivity contribution in [3.8, 4) is 5.75 Å². The number of carbonyl (C=O) groups excluding carboxylic acids is 2. The van der Waals surface area contributed by atoms with Crippen LogP contribution in [-0.4, -0.2) is 24.2 Å². The number of halogens is 1. The van der Waals surface area contributed by atoms with Gasteiger partial charge in [0.1, 0.15) is 5.75 Å². The molecule has 0 radical (unpaired) electrons. The number of carbonyl (C=O) groups is 2. The van der Waals surface area contributed by atoms with Gasteiger partial charge in [-0.1, -0.05) is 23.7 Å². The van der Waals surface area contributed by atoms with Gasteiger partial charge in [-0.15, -0.1) is 11.8 Å². The van der Waals surface area contributed by atoms with Crippen LogP contribution in [0, 0.1) is 0 Å². The zero-order valence-electron chi connectivity index (χ0n) is 12.4. The van der Waals surface area contributed by atoms with Gasteiger partial charge in [0.25, 0.3) is 0 Å². The average Bonchev–Trinajstić information content (AvgIpc) is 2.83. The SMILES string of the molecule is COc1ccc(S[C@@H]2CC(=O)N(c3ccccc3Cl)C2=O)cc1. The maximum absolute atomic E-state index is 12.6. The lowest BCUT2D eigenvalue weighted by Crippen LogP contribution is -2.31. The number of ether oxygens (including phenoxy) is 1. The monoisotopic (exact) mass is 347 g/mol. The summed E-state index contributed by atoms with van der Waals surface area (Å²) in [5, 5.41) is -0.0449. The fourth-order valence-electron chi connectivity index (χ4n) is 2.40. The van der Waals surface area contributed by atoms with Crippen molar-refractivity contribution in [2.24, 2.45) is 0 Å². The number of rotatable bonds is 4. The highest BCUT2D eigenvalue weighted by molar-refractivity contribution is 8.00. The summed E-state index contributed by atoms with van der Waals surface area (Å²) in [5.74, 6) is 0.291. The predicted octanol–water partition coefficient (Wildman–Crippen LogP) is 3.77. The molecular weight excluding hydrogens is 334 g/mol. The molecule has 1 saturated heterocycles. The van der Waals surface area contributed by atoms with Crippen molar-refractivity contribution in [2.75, 3.05) is 12.0 Å². The van der Waals surface area contributed by atoms with E-state index >= 15 is 0 Å². The van der Waals surface area contributed by atoms with E-state index in [9.17, 15) is 9.59 Å². The van der Waals surface area contributed by atoms with Gasteiger partial charge in [0.05, 0.1) is 23.1 Å². The highest BCUT2D eigenvalue weighted by Crippen LogP contribution is 2.36. The summed E-state index contributed by atoms with van der Waals surface area (Å²) in [7, 11) is 1.60. The van der Waals surface area contributed by atoms with Gasteiger partial charge in [0.15, 0.2) is 0 Å². The first-order chi connectivity index (χ1) is 11.1. The molecule has 23 heavy (non-hydrogen) atoms. The van der Waals surface area contributed by atoms with Crippen molar-refractivity contribution in [1.82, 2.24) is 0 Å². The summed E-state index contributed by atoms with van der Waals surface area (Å²) in [6.45, 7) is 0. The second-order valence-electron chi connectivity index (χ2n) is 5.00. The Labute approximate surface area is 143 Å². The third kappa shape index (κ3) is 3.21. The number of thioether (sulfide) groups is 1. The Morgan fingerprint density at radius 3 is 2.48 bits per heavy atom. The zero-order valence-corrected chi connectivity index (χ0v) is 13.9. The van der Waals surface area contributed by atoms with E-state index in [4.69, 9.17) is 16.3 Å². The van der Waals surface area contributed by atoms with Gasteiger partial charge in [-0.25, -0.2) is 4.90 Å². The van der Waals surface area contributed by atoms with Crippen LogP contribution in [0.4, 0.5) is 5.69 Å². The van der Waals surface area contributed by atoms with Crippen LogP contribution in [0.1, 0.15) is 6.42 Å². The molecule has 0 bridgehead atoms. The Balaban J connectivity index is 1.79. The minimum atomic E-state index is -0.438. The Hall–Kier alpha value is -1.98. The zero-order chi connectivity index (χ0) is 16.4. The molecule has 0 aromatic heterocycles. The average molecular weight is 348 g/mol. The normalized spacial score (nSPS) is 17.7. The minimum absolute atomic E-state index is 0.167. The fourth-order valence-corrected chi connectivity index (χ4v) is 3.67. The summed E-state index contributed by atoms with van der Waals surface area (Å²) in [5.41, 5.74) is 0.446. The smallest absolute Gasteiger partial charge is 0.247 e. The standard InChI is InChI=1S/C17H14ClNO3S/c1-22-11-6-8-12(9-7-11)23-15-10-16(20)19(17(15)21)14-5-3-2-4-13(14)18/h2-9,15H,10H2,1H3/t15-/m1/s1. The summed E-state index contributed by atoms with van der Waals surface area (Å²) >= 11 is 7.49. The number of anilines is 1. The molecule has 0 N–H and O–H groups in total. The number of benzene rings is 2. The number of amides is 2. The van der Waals surface area contributed by atoms with Crippen LogP contribution in [0.25, 0.3) is 0 Å². The number of imide groups is 1. The van der Waals surface area contributed by atoms with E-state index in [1.165, 1.54) is 16.7 Å². The van der Waals surface area contributed by atoms with Gasteiger partial charge in [-0.2, -0.15) is 0 Å². The van der Waals surface area contributed by atoms with Crippen LogP contribution in [-0.2, 0) is 9.59 Å². The quantitative estimate of drug-likeness (QED) is 0.790. The van der Waals surface area contributed by atoms with E-state index in [1.807, 2.05) is 24.3 Å². The maximum atomic E-state index is 12.6. The van der Waals surface area contributed by atoms with Gasteiger partial charge in [0, 0.05) is 11.3 Å². The van der Waals surface area contributed by atoms with Crippen molar-refractivity contribution in [2.45, 2.75) is 16.6 Å². The first-order valence-electron chi connectivity index (χ1n) is 7.02. The topological polar surface area (TPSA) is 46.6 Å². The fraction of sp³-hybridized carbons (Fsp3) is 0.176. The molecule has 118 valence electrons. The molecule has 2 aromatic rings. The second-order valence-corrected chi connectivity index (χ2v) is 6.69. The van der Waals surface area contributed by atoms with Crippen LogP contribution in [0.3, 0.4) is 0 Å². The number of methoxy groups -OCH3 is 1. The number of hydrogen-bond acceptors (Lipinski definition) is 4. The third-order valence-electron chi connectivity index (χ3n) is 3.54. The van der Waals surface area contributed by atoms with E-state index in [2.05, 4.69) is 0 Å². The van der Waals surface area contributed by atoms with Crippen LogP contribution >= 0.6 is 23.4 Å². The Kier molecular flexibility index (Phi) is 4.59. The molecule has 4 nitrogen and oxygen atoms in total. The second kappa shape index (κ2) is 6.64. The molecule has 0 saturated carbocycles. The van der Waals surface area contributed by atoms with Crippen molar-refractivity contribution in [3.05, 3.63) is 53.6 Å². The molecule has 0 aliphatic carbocycles. The molecule has 0 spiro atoms. The molecule has 0 unspecified atom stereocenters. The highest BCUT2D eigenvalue weighted by atomic mass is 35.5. The van der Waals surface area contributed by atoms with Gasteiger partial charge < -0.3 is 4.74 Å². The van der Waals surface area contributed by atoms with Crippen molar-refractivity contribution >= 4 is 40.9 Å². The molecule has 1 atom stereocenters. The summed E-state index contributed by atoms with van der Waals surface area (Å²) in [4.78, 5) is 26.9. The third-order valence-corrected chi connectivity index (χ3v) is 5.05. The largest absolute Gasteiger partial charge is 0.497 e. The summed E-state index contributed by atoms with van der Waals surface area (Å²) < 4.78 is 5.11. The number of para-hydroxylation sites is 1. The van der Waals surface area contributed by atoms with Crippen LogP contribution in [0.15, 0.2) is 53.4 Å². The lowest BCUT2D eigenvalue weighted by Gasteiger charge is -2.16. The Bertz CT molecular complexity index is 748. The van der Waals surface area contributed by atoms with Crippen molar-refractivity contribution in [3.63, 3.8) is 0 Å². The van der Waals surface area contributed by atoms with Crippen molar-refractivity contribution < 1.29 is 14.3 Å². The first kappa shape index (κ1) is 15.9. The number of hydrogen-bond donors (Lipinski definition) is 0. The molecular formula is C17H14ClNO3S. The van der Waals surface area contributed by atoms with E-state index in [0.29, 0.717) is 10.7 Å². The molecule has 1 aliphatic heterocycles. The van der Waals surface area contributed by atoms with Gasteiger partial charge >= 0.3 is 0 Å². The van der Waals surface area contributed by atoms with Gasteiger partial charge in [-0.05, 0) is 36.4 Å². The summed E-state index contributed by atoms with van der Waals surface area (Å²) in [6.07, 6.45) is 0.167. The maximum Gasteiger partial charge on any atom is 0.247 e. The first-order valence-corrected chi connectivity index (χ1v) is 8.28. The molecule has 1 heterocycles. The lowest BCUT2D eigenvalue weighted by atomic mass is 10.3. The van der Waals surface area contributed by atoms with Gasteiger partial charge in [-0.3, -0.25) is 9.59 Å². The van der Waals surface area contributed by atoms with E-state index in [-0.39, 0.29) is 18.2 Å². The molecule has 1 aliphatic rings. The molecule has 3 rings (SSSR count). The Morgan fingerprint density at radius 2 is 1.83 bits per heavy atom.